The standard InChI is InChI=1S/C12H14F3N5O2/c1-2-8(20-7-3-5-17-20)10(21)16-6-4-9-18-11(22-19-9)12(13,14)15/h3,5,7-8H,2,4,6H2,1H3,(H,16,21). The number of halogens is 3. The number of nitrogens with one attached hydrogen (secondary N) is 1. The Balaban J connectivity index is 1.85. The summed E-state index contributed by atoms with van der Waals surface area (Å²) in [6, 6.07) is 1.24. The highest BCUT2D eigenvalue weighted by Crippen LogP contribution is 2.27. The van der Waals surface area contributed by atoms with Gasteiger partial charge < -0.3 is 9.84 Å². The molecule has 0 spiro atoms. The molecule has 0 bridgehead atoms. The van der Waals surface area contributed by atoms with Gasteiger partial charge in [0.2, 0.25) is 5.91 Å². The quantitative estimate of drug-likeness (QED) is 0.874. The number of rotatable bonds is 6. The molecule has 2 rings (SSSR count). The van der Waals surface area contributed by atoms with E-state index >= 15 is 0 Å². The fourth-order valence-electron chi connectivity index (χ4n) is 1.84. The third kappa shape index (κ3) is 3.83. The number of hydrogen-bond donors (Lipinski definition) is 1. The fraction of sp³-hybridized carbons (Fsp3) is 0.500. The van der Waals surface area contributed by atoms with Gasteiger partial charge in [-0.25, -0.2) is 0 Å². The van der Waals surface area contributed by atoms with Crippen LogP contribution in [0, 0.1) is 0 Å². The minimum atomic E-state index is -4.66. The fourth-order valence-corrected chi connectivity index (χ4v) is 1.84. The molecule has 120 valence electrons. The number of amides is 1. The van der Waals surface area contributed by atoms with Crippen molar-refractivity contribution in [3.8, 4) is 0 Å². The molecule has 0 aliphatic heterocycles. The summed E-state index contributed by atoms with van der Waals surface area (Å²) in [7, 11) is 0. The van der Waals surface area contributed by atoms with Crippen molar-refractivity contribution in [2.75, 3.05) is 6.54 Å². The SMILES string of the molecule is CCC(C(=O)NCCc1noc(C(F)(F)F)n1)n1cccn1. The van der Waals surface area contributed by atoms with E-state index in [-0.39, 0.29) is 24.7 Å². The maximum Gasteiger partial charge on any atom is 0.471 e. The molecule has 1 N–H and O–H groups in total. The van der Waals surface area contributed by atoms with Crippen LogP contribution in [0.5, 0.6) is 0 Å². The summed E-state index contributed by atoms with van der Waals surface area (Å²) in [5, 5.41) is 9.83. The molecule has 0 aromatic carbocycles. The van der Waals surface area contributed by atoms with Crippen LogP contribution in [0.3, 0.4) is 0 Å². The first-order valence-electron chi connectivity index (χ1n) is 6.58. The van der Waals surface area contributed by atoms with Gasteiger partial charge in [-0.1, -0.05) is 12.1 Å². The van der Waals surface area contributed by atoms with Gasteiger partial charge in [-0.3, -0.25) is 9.48 Å². The third-order valence-corrected chi connectivity index (χ3v) is 2.89. The van der Waals surface area contributed by atoms with Crippen LogP contribution in [-0.2, 0) is 17.4 Å². The molecule has 0 radical (unpaired) electrons. The van der Waals surface area contributed by atoms with Gasteiger partial charge in [0.15, 0.2) is 5.82 Å². The second kappa shape index (κ2) is 6.58. The number of aromatic nitrogens is 4. The zero-order valence-electron chi connectivity index (χ0n) is 11.7. The molecule has 0 fully saturated rings. The average molecular weight is 317 g/mol. The molecule has 0 aliphatic carbocycles. The number of nitrogens with zero attached hydrogens (tertiary/aromatic N) is 4. The van der Waals surface area contributed by atoms with Crippen LogP contribution in [0.4, 0.5) is 13.2 Å². The lowest BCUT2D eigenvalue weighted by Crippen LogP contribution is -2.34. The molecular weight excluding hydrogens is 303 g/mol. The van der Waals surface area contributed by atoms with Crippen LogP contribution in [-0.4, -0.2) is 32.4 Å². The Kier molecular flexibility index (Phi) is 4.78. The number of carbonyl (C=O) groups excluding carboxylic acids is 1. The van der Waals surface area contributed by atoms with Crippen molar-refractivity contribution in [3.05, 3.63) is 30.2 Å². The van der Waals surface area contributed by atoms with Crippen molar-refractivity contribution < 1.29 is 22.5 Å². The minimum Gasteiger partial charge on any atom is -0.354 e. The summed E-state index contributed by atoms with van der Waals surface area (Å²) in [5.74, 6) is -1.78. The minimum absolute atomic E-state index is 0.0425. The molecule has 2 aromatic rings. The summed E-state index contributed by atoms with van der Waals surface area (Å²) < 4.78 is 42.5. The van der Waals surface area contributed by atoms with E-state index in [4.69, 9.17) is 0 Å². The Morgan fingerprint density at radius 2 is 2.27 bits per heavy atom. The summed E-state index contributed by atoms with van der Waals surface area (Å²) in [4.78, 5) is 15.2. The van der Waals surface area contributed by atoms with Crippen molar-refractivity contribution in [1.82, 2.24) is 25.2 Å². The number of carbonyl (C=O) groups is 1. The van der Waals surface area contributed by atoms with E-state index in [9.17, 15) is 18.0 Å². The average Bonchev–Trinajstić information content (AvgIpc) is 3.10. The lowest BCUT2D eigenvalue weighted by atomic mass is 10.2. The lowest BCUT2D eigenvalue weighted by Gasteiger charge is -2.14. The first-order chi connectivity index (χ1) is 10.4. The normalized spacial score (nSPS) is 13.1. The van der Waals surface area contributed by atoms with Gasteiger partial charge in [0.05, 0.1) is 0 Å². The smallest absolute Gasteiger partial charge is 0.354 e. The molecule has 7 nitrogen and oxygen atoms in total. The Labute approximate surface area is 123 Å². The van der Waals surface area contributed by atoms with Gasteiger partial charge in [0, 0.05) is 25.4 Å². The van der Waals surface area contributed by atoms with Gasteiger partial charge in [-0.2, -0.15) is 23.3 Å². The molecule has 1 atom stereocenters. The Bertz CT molecular complexity index is 609. The van der Waals surface area contributed by atoms with Gasteiger partial charge in [-0.05, 0) is 12.5 Å². The summed E-state index contributed by atoms with van der Waals surface area (Å²) in [6.07, 6.45) is -0.854. The van der Waals surface area contributed by atoms with E-state index in [1.54, 1.807) is 18.5 Å². The van der Waals surface area contributed by atoms with Gasteiger partial charge in [-0.15, -0.1) is 0 Å². The van der Waals surface area contributed by atoms with Crippen LogP contribution >= 0.6 is 0 Å². The molecule has 0 saturated carbocycles. The van der Waals surface area contributed by atoms with E-state index in [1.165, 1.54) is 4.68 Å². The van der Waals surface area contributed by atoms with Crippen LogP contribution < -0.4 is 5.32 Å². The highest BCUT2D eigenvalue weighted by molar-refractivity contribution is 5.80. The molecule has 2 aromatic heterocycles. The monoisotopic (exact) mass is 317 g/mol. The lowest BCUT2D eigenvalue weighted by molar-refractivity contribution is -0.159. The molecule has 0 saturated heterocycles. The van der Waals surface area contributed by atoms with E-state index in [2.05, 4.69) is 25.1 Å². The number of alkyl halides is 3. The molecule has 2 heterocycles. The molecular formula is C12H14F3N5O2. The first kappa shape index (κ1) is 16.0. The van der Waals surface area contributed by atoms with Crippen LogP contribution in [0.2, 0.25) is 0 Å². The molecule has 1 unspecified atom stereocenters. The highest BCUT2D eigenvalue weighted by Gasteiger charge is 2.38. The maximum atomic E-state index is 12.3. The summed E-state index contributed by atoms with van der Waals surface area (Å²) in [6.45, 7) is 1.94. The zero-order valence-corrected chi connectivity index (χ0v) is 11.7. The second-order valence-electron chi connectivity index (χ2n) is 4.46. The maximum absolute atomic E-state index is 12.3. The largest absolute Gasteiger partial charge is 0.471 e. The van der Waals surface area contributed by atoms with Crippen molar-refractivity contribution in [2.45, 2.75) is 32.0 Å². The highest BCUT2D eigenvalue weighted by atomic mass is 19.4. The molecule has 10 heteroatoms. The third-order valence-electron chi connectivity index (χ3n) is 2.89. The van der Waals surface area contributed by atoms with E-state index < -0.39 is 18.1 Å². The predicted molar refractivity (Wildman–Crippen MR) is 67.6 cm³/mol. The Morgan fingerprint density at radius 1 is 1.50 bits per heavy atom. The molecule has 22 heavy (non-hydrogen) atoms. The Hall–Kier alpha value is -2.39. The van der Waals surface area contributed by atoms with Gasteiger partial charge >= 0.3 is 12.1 Å². The van der Waals surface area contributed by atoms with Crippen LogP contribution in [0.1, 0.15) is 31.1 Å². The summed E-state index contributed by atoms with van der Waals surface area (Å²) >= 11 is 0. The first-order valence-corrected chi connectivity index (χ1v) is 6.58. The van der Waals surface area contributed by atoms with Gasteiger partial charge in [0.25, 0.3) is 0 Å². The van der Waals surface area contributed by atoms with E-state index in [1.807, 2.05) is 6.92 Å². The van der Waals surface area contributed by atoms with Crippen LogP contribution in [0.25, 0.3) is 0 Å². The topological polar surface area (TPSA) is 85.8 Å². The van der Waals surface area contributed by atoms with Crippen LogP contribution in [0.15, 0.2) is 23.0 Å². The Morgan fingerprint density at radius 3 is 2.82 bits per heavy atom. The zero-order chi connectivity index (χ0) is 16.2. The predicted octanol–water partition coefficient (Wildman–Crippen LogP) is 1.59. The van der Waals surface area contributed by atoms with Gasteiger partial charge in [0.1, 0.15) is 6.04 Å². The van der Waals surface area contributed by atoms with Crippen molar-refractivity contribution >= 4 is 5.91 Å². The van der Waals surface area contributed by atoms with Crippen molar-refractivity contribution in [1.29, 1.82) is 0 Å². The molecule has 0 aliphatic rings. The molecule has 1 amide bonds. The van der Waals surface area contributed by atoms with Crippen molar-refractivity contribution in [3.63, 3.8) is 0 Å². The second-order valence-corrected chi connectivity index (χ2v) is 4.46. The summed E-state index contributed by atoms with van der Waals surface area (Å²) in [5.41, 5.74) is 0. The number of hydrogen-bond acceptors (Lipinski definition) is 5. The van der Waals surface area contributed by atoms with E-state index in [0.717, 1.165) is 0 Å². The van der Waals surface area contributed by atoms with E-state index in [0.29, 0.717) is 6.42 Å². The van der Waals surface area contributed by atoms with Crippen molar-refractivity contribution in [2.24, 2.45) is 0 Å².